The monoisotopic (exact) mass is 346 g/mol. The van der Waals surface area contributed by atoms with Gasteiger partial charge in [0.1, 0.15) is 11.4 Å². The molecular weight excluding hydrogens is 332 g/mol. The van der Waals surface area contributed by atoms with Crippen LogP contribution in [0.2, 0.25) is 0 Å². The molecule has 0 aliphatic heterocycles. The number of nitrogens with zero attached hydrogens (tertiary/aromatic N) is 2. The third kappa shape index (κ3) is 2.43. The third-order valence-corrected chi connectivity index (χ3v) is 3.90. The van der Waals surface area contributed by atoms with Crippen molar-refractivity contribution in [3.05, 3.63) is 52.3 Å². The summed E-state index contributed by atoms with van der Waals surface area (Å²) in [6.45, 7) is 1.92. The molecule has 108 valence electrons. The molecule has 0 aliphatic carbocycles. The first-order valence-corrected chi connectivity index (χ1v) is 7.35. The van der Waals surface area contributed by atoms with Crippen molar-refractivity contribution >= 4 is 21.6 Å². The number of aromatic nitrogens is 2. The van der Waals surface area contributed by atoms with Gasteiger partial charge in [0.15, 0.2) is 0 Å². The van der Waals surface area contributed by atoms with Crippen molar-refractivity contribution in [2.45, 2.75) is 13.5 Å². The number of benzene rings is 1. The zero-order valence-electron chi connectivity index (χ0n) is 11.8. The van der Waals surface area contributed by atoms with E-state index < -0.39 is 0 Å². The molecule has 2 aromatic heterocycles. The summed E-state index contributed by atoms with van der Waals surface area (Å²) in [6.07, 6.45) is 1.92. The lowest BCUT2D eigenvalue weighted by atomic mass is 10.1. The smallest absolute Gasteiger partial charge is 0.140 e. The van der Waals surface area contributed by atoms with E-state index in [4.69, 9.17) is 9.72 Å². The van der Waals surface area contributed by atoms with Crippen molar-refractivity contribution in [3.63, 3.8) is 0 Å². The molecule has 0 saturated heterocycles. The molecule has 0 spiro atoms. The van der Waals surface area contributed by atoms with Gasteiger partial charge in [-0.05, 0) is 46.6 Å². The molecule has 1 N–H and O–H groups in total. The van der Waals surface area contributed by atoms with Crippen molar-refractivity contribution in [2.24, 2.45) is 0 Å². The number of ether oxygens (including phenoxy) is 1. The maximum absolute atomic E-state index is 9.77. The molecule has 1 aromatic carbocycles. The Morgan fingerprint density at radius 1 is 1.33 bits per heavy atom. The van der Waals surface area contributed by atoms with E-state index in [1.165, 1.54) is 0 Å². The van der Waals surface area contributed by atoms with Crippen LogP contribution >= 0.6 is 15.9 Å². The Kier molecular flexibility index (Phi) is 3.69. The number of aliphatic hydroxyl groups excluding tert-OH is 1. The van der Waals surface area contributed by atoms with Gasteiger partial charge in [-0.25, -0.2) is 4.98 Å². The van der Waals surface area contributed by atoms with Gasteiger partial charge in [0.25, 0.3) is 0 Å². The van der Waals surface area contributed by atoms with Crippen LogP contribution in [-0.4, -0.2) is 21.6 Å². The minimum absolute atomic E-state index is 0.0798. The van der Waals surface area contributed by atoms with Crippen LogP contribution in [-0.2, 0) is 6.61 Å². The van der Waals surface area contributed by atoms with E-state index in [9.17, 15) is 5.11 Å². The van der Waals surface area contributed by atoms with Crippen LogP contribution in [0.25, 0.3) is 16.9 Å². The molecule has 0 atom stereocenters. The second-order valence-corrected chi connectivity index (χ2v) is 5.75. The maximum atomic E-state index is 9.77. The van der Waals surface area contributed by atoms with Crippen LogP contribution < -0.4 is 4.74 Å². The Morgan fingerprint density at radius 3 is 2.86 bits per heavy atom. The first kappa shape index (κ1) is 14.1. The molecule has 0 unspecified atom stereocenters. The van der Waals surface area contributed by atoms with Crippen molar-refractivity contribution in [3.8, 4) is 17.0 Å². The fourth-order valence-corrected chi connectivity index (χ4v) is 3.02. The average Bonchev–Trinajstić information content (AvgIpc) is 2.86. The molecule has 3 rings (SSSR count). The largest absolute Gasteiger partial charge is 0.497 e. The summed E-state index contributed by atoms with van der Waals surface area (Å²) in [7, 11) is 1.64. The molecule has 0 aliphatic rings. The van der Waals surface area contributed by atoms with Gasteiger partial charge in [0.2, 0.25) is 0 Å². The summed E-state index contributed by atoms with van der Waals surface area (Å²) in [5, 5.41) is 9.77. The third-order valence-electron chi connectivity index (χ3n) is 3.46. The highest BCUT2D eigenvalue weighted by Crippen LogP contribution is 2.29. The van der Waals surface area contributed by atoms with Gasteiger partial charge in [-0.15, -0.1) is 0 Å². The number of rotatable bonds is 3. The summed E-state index contributed by atoms with van der Waals surface area (Å²) in [4.78, 5) is 4.70. The maximum Gasteiger partial charge on any atom is 0.140 e. The van der Waals surface area contributed by atoms with Gasteiger partial charge in [0.05, 0.1) is 25.1 Å². The number of aliphatic hydroxyl groups is 1. The van der Waals surface area contributed by atoms with E-state index in [2.05, 4.69) is 15.9 Å². The number of pyridine rings is 1. The number of imidazole rings is 1. The highest BCUT2D eigenvalue weighted by atomic mass is 79.9. The SMILES string of the molecule is COc1cccc(-c2nc3c(C)cc(Br)cn3c2CO)c1. The topological polar surface area (TPSA) is 46.8 Å². The van der Waals surface area contributed by atoms with Gasteiger partial charge in [-0.2, -0.15) is 0 Å². The molecule has 5 heteroatoms. The zero-order valence-corrected chi connectivity index (χ0v) is 13.4. The predicted octanol–water partition coefficient (Wildman–Crippen LogP) is 3.57. The fourth-order valence-electron chi connectivity index (χ4n) is 2.47. The van der Waals surface area contributed by atoms with Gasteiger partial charge < -0.3 is 9.84 Å². The Hall–Kier alpha value is -1.85. The number of methoxy groups -OCH3 is 1. The number of halogens is 1. The average molecular weight is 347 g/mol. The summed E-state index contributed by atoms with van der Waals surface area (Å²) in [5.41, 5.74) is 4.37. The second kappa shape index (κ2) is 5.50. The number of hydrogen-bond acceptors (Lipinski definition) is 3. The Balaban J connectivity index is 2.29. The molecule has 0 saturated carbocycles. The molecule has 0 fully saturated rings. The molecule has 4 nitrogen and oxygen atoms in total. The summed E-state index contributed by atoms with van der Waals surface area (Å²) in [5.74, 6) is 0.770. The van der Waals surface area contributed by atoms with Gasteiger partial charge in [0, 0.05) is 16.2 Å². The normalized spacial score (nSPS) is 11.0. The van der Waals surface area contributed by atoms with Crippen molar-refractivity contribution in [2.75, 3.05) is 7.11 Å². The second-order valence-electron chi connectivity index (χ2n) is 4.83. The van der Waals surface area contributed by atoms with E-state index in [-0.39, 0.29) is 6.61 Å². The first-order chi connectivity index (χ1) is 10.1. The summed E-state index contributed by atoms with van der Waals surface area (Å²) < 4.78 is 8.14. The molecule has 0 amide bonds. The van der Waals surface area contributed by atoms with Crippen LogP contribution in [0.5, 0.6) is 5.75 Å². The van der Waals surface area contributed by atoms with E-state index in [0.29, 0.717) is 0 Å². The van der Waals surface area contributed by atoms with Crippen LogP contribution in [0.1, 0.15) is 11.3 Å². The highest BCUT2D eigenvalue weighted by Gasteiger charge is 2.15. The lowest BCUT2D eigenvalue weighted by molar-refractivity contribution is 0.276. The highest BCUT2D eigenvalue weighted by molar-refractivity contribution is 9.10. The summed E-state index contributed by atoms with van der Waals surface area (Å²) in [6, 6.07) is 9.71. The van der Waals surface area contributed by atoms with Crippen molar-refractivity contribution < 1.29 is 9.84 Å². The van der Waals surface area contributed by atoms with Crippen LogP contribution in [0.4, 0.5) is 0 Å². The molecule has 21 heavy (non-hydrogen) atoms. The minimum atomic E-state index is -0.0798. The molecule has 0 bridgehead atoms. The van der Waals surface area contributed by atoms with Crippen LogP contribution in [0, 0.1) is 6.92 Å². The van der Waals surface area contributed by atoms with E-state index in [1.54, 1.807) is 7.11 Å². The first-order valence-electron chi connectivity index (χ1n) is 6.56. The van der Waals surface area contributed by atoms with E-state index in [0.717, 1.165) is 38.4 Å². The Labute approximate surface area is 131 Å². The van der Waals surface area contributed by atoms with Crippen molar-refractivity contribution in [1.29, 1.82) is 0 Å². The van der Waals surface area contributed by atoms with Gasteiger partial charge in [-0.1, -0.05) is 12.1 Å². The van der Waals surface area contributed by atoms with Crippen molar-refractivity contribution in [1.82, 2.24) is 9.38 Å². The van der Waals surface area contributed by atoms with Gasteiger partial charge in [-0.3, -0.25) is 4.40 Å². The van der Waals surface area contributed by atoms with E-state index in [1.807, 2.05) is 47.9 Å². The van der Waals surface area contributed by atoms with E-state index >= 15 is 0 Å². The predicted molar refractivity (Wildman–Crippen MR) is 85.5 cm³/mol. The quantitative estimate of drug-likeness (QED) is 0.788. The number of aryl methyl sites for hydroxylation is 1. The lowest BCUT2D eigenvalue weighted by Gasteiger charge is -2.05. The molecule has 3 aromatic rings. The minimum Gasteiger partial charge on any atom is -0.497 e. The molecule has 2 heterocycles. The molecule has 0 radical (unpaired) electrons. The van der Waals surface area contributed by atoms with Gasteiger partial charge >= 0.3 is 0 Å². The van der Waals surface area contributed by atoms with Crippen LogP contribution in [0.3, 0.4) is 0 Å². The lowest BCUT2D eigenvalue weighted by Crippen LogP contribution is -1.95. The summed E-state index contributed by atoms with van der Waals surface area (Å²) >= 11 is 3.48. The Bertz CT molecular complexity index is 811. The number of fused-ring (bicyclic) bond motifs is 1. The van der Waals surface area contributed by atoms with Crippen LogP contribution in [0.15, 0.2) is 41.0 Å². The fraction of sp³-hybridized carbons (Fsp3) is 0.188. The Morgan fingerprint density at radius 2 is 2.14 bits per heavy atom. The number of hydrogen-bond donors (Lipinski definition) is 1. The molecular formula is C16H15BrN2O2. The zero-order chi connectivity index (χ0) is 15.0. The standard InChI is InChI=1S/C16H15BrN2O2/c1-10-6-12(17)8-19-14(9-20)15(18-16(10)19)11-4-3-5-13(7-11)21-2/h3-8,20H,9H2,1-2H3.